The van der Waals surface area contributed by atoms with Crippen molar-refractivity contribution in [2.45, 2.75) is 25.8 Å². The van der Waals surface area contributed by atoms with Gasteiger partial charge in [-0.15, -0.1) is 0 Å². The molecule has 0 saturated carbocycles. The molecule has 4 nitrogen and oxygen atoms in total. The van der Waals surface area contributed by atoms with Gasteiger partial charge in [0, 0.05) is 10.7 Å². The fraction of sp³-hybridized carbons (Fsp3) is 0.455. The van der Waals surface area contributed by atoms with Gasteiger partial charge in [0.2, 0.25) is 0 Å². The number of carbonyl (C=O) groups excluding carboxylic acids is 1. The van der Waals surface area contributed by atoms with E-state index in [-0.39, 0.29) is 12.5 Å². The summed E-state index contributed by atoms with van der Waals surface area (Å²) < 4.78 is 0.824. The van der Waals surface area contributed by atoms with Crippen molar-refractivity contribution in [3.8, 4) is 0 Å². The number of rotatable bonds is 4. The van der Waals surface area contributed by atoms with Crippen LogP contribution in [0, 0.1) is 0 Å². The molecular weight excluding hydrogens is 272 g/mol. The van der Waals surface area contributed by atoms with E-state index in [9.17, 15) is 9.90 Å². The number of amides is 1. The van der Waals surface area contributed by atoms with Gasteiger partial charge in [-0.3, -0.25) is 4.79 Å². The lowest BCUT2D eigenvalue weighted by Gasteiger charge is -2.26. The highest BCUT2D eigenvalue weighted by Gasteiger charge is 2.24. The average Bonchev–Trinajstić information content (AvgIpc) is 2.29. The molecule has 16 heavy (non-hydrogen) atoms. The third kappa shape index (κ3) is 3.28. The molecular formula is C11H15BrN2O2. The van der Waals surface area contributed by atoms with Gasteiger partial charge in [0.05, 0.1) is 12.1 Å². The Hall–Kier alpha value is -0.940. The Morgan fingerprint density at radius 2 is 2.31 bits per heavy atom. The van der Waals surface area contributed by atoms with Crippen LogP contribution in [0.4, 0.5) is 0 Å². The molecule has 0 aliphatic carbocycles. The number of hydrogen-bond donors (Lipinski definition) is 2. The van der Waals surface area contributed by atoms with Gasteiger partial charge in [0.1, 0.15) is 5.69 Å². The highest BCUT2D eigenvalue weighted by atomic mass is 79.9. The van der Waals surface area contributed by atoms with Gasteiger partial charge < -0.3 is 10.4 Å². The van der Waals surface area contributed by atoms with E-state index >= 15 is 0 Å². The first-order chi connectivity index (χ1) is 7.50. The van der Waals surface area contributed by atoms with Crippen LogP contribution in [0.1, 0.15) is 30.8 Å². The lowest BCUT2D eigenvalue weighted by Crippen LogP contribution is -2.48. The van der Waals surface area contributed by atoms with E-state index in [1.807, 2.05) is 6.92 Å². The van der Waals surface area contributed by atoms with Crippen LogP contribution in [-0.4, -0.2) is 28.1 Å². The molecule has 0 radical (unpaired) electrons. The monoisotopic (exact) mass is 286 g/mol. The molecule has 0 aromatic carbocycles. The van der Waals surface area contributed by atoms with Crippen molar-refractivity contribution in [2.24, 2.45) is 0 Å². The SMILES string of the molecule is CCC(C)(CO)NC(=O)c1ccc(Br)cn1. The first kappa shape index (κ1) is 13.1. The Kier molecular flexibility index (Phi) is 4.44. The number of pyridine rings is 1. The molecule has 0 spiro atoms. The number of carbonyl (C=O) groups is 1. The molecule has 0 aliphatic rings. The minimum Gasteiger partial charge on any atom is -0.394 e. The van der Waals surface area contributed by atoms with E-state index < -0.39 is 5.54 Å². The largest absolute Gasteiger partial charge is 0.394 e. The van der Waals surface area contributed by atoms with Crippen molar-refractivity contribution in [2.75, 3.05) is 6.61 Å². The van der Waals surface area contributed by atoms with Crippen molar-refractivity contribution in [1.82, 2.24) is 10.3 Å². The van der Waals surface area contributed by atoms with Crippen LogP contribution in [0.15, 0.2) is 22.8 Å². The first-order valence-corrected chi connectivity index (χ1v) is 5.85. The molecule has 5 heteroatoms. The predicted molar refractivity (Wildman–Crippen MR) is 65.2 cm³/mol. The normalized spacial score (nSPS) is 14.2. The molecule has 0 saturated heterocycles. The molecule has 1 rings (SSSR count). The van der Waals surface area contributed by atoms with Crippen molar-refractivity contribution in [3.63, 3.8) is 0 Å². The zero-order valence-electron chi connectivity index (χ0n) is 9.33. The van der Waals surface area contributed by atoms with E-state index in [0.717, 1.165) is 4.47 Å². The fourth-order valence-electron chi connectivity index (χ4n) is 1.09. The summed E-state index contributed by atoms with van der Waals surface area (Å²) in [4.78, 5) is 15.8. The minimum atomic E-state index is -0.591. The van der Waals surface area contributed by atoms with Crippen LogP contribution in [-0.2, 0) is 0 Å². The summed E-state index contributed by atoms with van der Waals surface area (Å²) in [5.74, 6) is -0.272. The summed E-state index contributed by atoms with van der Waals surface area (Å²) in [5.41, 5.74) is -0.248. The van der Waals surface area contributed by atoms with Gasteiger partial charge in [-0.1, -0.05) is 6.92 Å². The fourth-order valence-corrected chi connectivity index (χ4v) is 1.32. The van der Waals surface area contributed by atoms with Crippen molar-refractivity contribution in [1.29, 1.82) is 0 Å². The summed E-state index contributed by atoms with van der Waals surface area (Å²) in [7, 11) is 0. The maximum atomic E-state index is 11.8. The average molecular weight is 287 g/mol. The maximum Gasteiger partial charge on any atom is 0.270 e. The summed E-state index contributed by atoms with van der Waals surface area (Å²) in [6.07, 6.45) is 2.23. The van der Waals surface area contributed by atoms with Gasteiger partial charge >= 0.3 is 0 Å². The Morgan fingerprint density at radius 1 is 1.62 bits per heavy atom. The lowest BCUT2D eigenvalue weighted by molar-refractivity contribution is 0.0842. The summed E-state index contributed by atoms with van der Waals surface area (Å²) in [6.45, 7) is 3.61. The second-order valence-electron chi connectivity index (χ2n) is 3.89. The maximum absolute atomic E-state index is 11.8. The van der Waals surface area contributed by atoms with Crippen LogP contribution in [0.3, 0.4) is 0 Å². The number of halogens is 1. The smallest absolute Gasteiger partial charge is 0.270 e. The van der Waals surface area contributed by atoms with Crippen LogP contribution in [0.25, 0.3) is 0 Å². The Morgan fingerprint density at radius 3 is 2.75 bits per heavy atom. The Labute approximate surface area is 103 Å². The minimum absolute atomic E-state index is 0.0915. The second-order valence-corrected chi connectivity index (χ2v) is 4.80. The lowest BCUT2D eigenvalue weighted by atomic mass is 10.00. The molecule has 2 N–H and O–H groups in total. The zero-order chi connectivity index (χ0) is 12.2. The molecule has 0 aliphatic heterocycles. The zero-order valence-corrected chi connectivity index (χ0v) is 10.9. The first-order valence-electron chi connectivity index (χ1n) is 5.05. The van der Waals surface area contributed by atoms with E-state index in [1.54, 1.807) is 25.3 Å². The third-order valence-corrected chi connectivity index (χ3v) is 2.97. The number of aromatic nitrogens is 1. The van der Waals surface area contributed by atoms with E-state index in [4.69, 9.17) is 0 Å². The Balaban J connectivity index is 2.76. The highest BCUT2D eigenvalue weighted by Crippen LogP contribution is 2.11. The summed E-state index contributed by atoms with van der Waals surface area (Å²) >= 11 is 3.25. The van der Waals surface area contributed by atoms with Crippen LogP contribution >= 0.6 is 15.9 Å². The van der Waals surface area contributed by atoms with Gasteiger partial charge in [-0.2, -0.15) is 0 Å². The molecule has 88 valence electrons. The molecule has 1 aromatic heterocycles. The summed E-state index contributed by atoms with van der Waals surface area (Å²) in [6, 6.07) is 3.39. The van der Waals surface area contributed by atoms with Crippen molar-refractivity contribution >= 4 is 21.8 Å². The van der Waals surface area contributed by atoms with Crippen LogP contribution in [0.5, 0.6) is 0 Å². The molecule has 1 unspecified atom stereocenters. The number of aliphatic hydroxyl groups is 1. The number of aliphatic hydroxyl groups excluding tert-OH is 1. The number of hydrogen-bond acceptors (Lipinski definition) is 3. The molecule has 0 fully saturated rings. The van der Waals surface area contributed by atoms with E-state index in [1.165, 1.54) is 0 Å². The quantitative estimate of drug-likeness (QED) is 0.886. The number of nitrogens with one attached hydrogen (secondary N) is 1. The number of nitrogens with zero attached hydrogens (tertiary/aromatic N) is 1. The van der Waals surface area contributed by atoms with Crippen LogP contribution < -0.4 is 5.32 Å². The molecule has 1 heterocycles. The predicted octanol–water partition coefficient (Wildman–Crippen LogP) is 1.73. The Bertz CT molecular complexity index is 361. The molecule has 1 amide bonds. The highest BCUT2D eigenvalue weighted by molar-refractivity contribution is 9.10. The van der Waals surface area contributed by atoms with Crippen molar-refractivity contribution in [3.05, 3.63) is 28.5 Å². The summed E-state index contributed by atoms with van der Waals surface area (Å²) in [5, 5.41) is 11.9. The van der Waals surface area contributed by atoms with Crippen LogP contribution in [0.2, 0.25) is 0 Å². The third-order valence-electron chi connectivity index (χ3n) is 2.50. The van der Waals surface area contributed by atoms with Gasteiger partial charge in [0.25, 0.3) is 5.91 Å². The molecule has 1 atom stereocenters. The standard InChI is InChI=1S/C11H15BrN2O2/c1-3-11(2,7-15)14-10(16)9-5-4-8(12)6-13-9/h4-6,15H,3,7H2,1-2H3,(H,14,16). The van der Waals surface area contributed by atoms with Gasteiger partial charge in [-0.05, 0) is 41.4 Å². The second kappa shape index (κ2) is 5.41. The van der Waals surface area contributed by atoms with E-state index in [0.29, 0.717) is 12.1 Å². The molecule has 1 aromatic rings. The van der Waals surface area contributed by atoms with Crippen molar-refractivity contribution < 1.29 is 9.90 Å². The van der Waals surface area contributed by atoms with Gasteiger partial charge in [0.15, 0.2) is 0 Å². The van der Waals surface area contributed by atoms with E-state index in [2.05, 4.69) is 26.2 Å². The van der Waals surface area contributed by atoms with Gasteiger partial charge in [-0.25, -0.2) is 4.98 Å². The molecule has 0 bridgehead atoms. The topological polar surface area (TPSA) is 62.2 Å².